The summed E-state index contributed by atoms with van der Waals surface area (Å²) < 4.78 is 11.0. The molecule has 0 bridgehead atoms. The van der Waals surface area contributed by atoms with E-state index in [1.807, 2.05) is 48.5 Å². The lowest BCUT2D eigenvalue weighted by molar-refractivity contribution is 0.274. The van der Waals surface area contributed by atoms with Gasteiger partial charge in [-0.1, -0.05) is 24.3 Å². The molecule has 0 amide bonds. The lowest BCUT2D eigenvalue weighted by Gasteiger charge is -2.27. The summed E-state index contributed by atoms with van der Waals surface area (Å²) in [6.07, 6.45) is 0.917. The van der Waals surface area contributed by atoms with E-state index in [9.17, 15) is 0 Å². The largest absolute Gasteiger partial charge is 0.493 e. The van der Waals surface area contributed by atoms with E-state index < -0.39 is 0 Å². The highest BCUT2D eigenvalue weighted by Gasteiger charge is 2.20. The van der Waals surface area contributed by atoms with Gasteiger partial charge in [-0.05, 0) is 18.2 Å². The predicted molar refractivity (Wildman–Crippen MR) is 80.5 cm³/mol. The van der Waals surface area contributed by atoms with Gasteiger partial charge in [0, 0.05) is 23.7 Å². The van der Waals surface area contributed by atoms with Crippen LogP contribution in [0, 0.1) is 11.3 Å². The molecule has 1 unspecified atom stereocenters. The standard InChI is InChI=1S/C17H16N2O2/c18-9-11-20-14-5-3-4-13(12-14)19-16-8-10-21-17-7-2-1-6-15(16)17/h1-7,12,16,19H,8,10-11H2. The SMILES string of the molecule is N#CCOc1cccc(NC2CCOc3ccccc32)c1. The van der Waals surface area contributed by atoms with Crippen LogP contribution in [0.15, 0.2) is 48.5 Å². The van der Waals surface area contributed by atoms with Gasteiger partial charge in [0.15, 0.2) is 6.61 Å². The maximum atomic E-state index is 8.56. The number of nitrogens with one attached hydrogen (secondary N) is 1. The number of hydrogen-bond donors (Lipinski definition) is 1. The first-order valence-corrected chi connectivity index (χ1v) is 6.95. The van der Waals surface area contributed by atoms with Gasteiger partial charge in [-0.3, -0.25) is 0 Å². The van der Waals surface area contributed by atoms with E-state index >= 15 is 0 Å². The van der Waals surface area contributed by atoms with Gasteiger partial charge in [-0.25, -0.2) is 0 Å². The van der Waals surface area contributed by atoms with Gasteiger partial charge >= 0.3 is 0 Å². The predicted octanol–water partition coefficient (Wildman–Crippen LogP) is 3.52. The molecule has 106 valence electrons. The number of rotatable bonds is 4. The summed E-state index contributed by atoms with van der Waals surface area (Å²) in [7, 11) is 0. The second kappa shape index (κ2) is 6.19. The van der Waals surface area contributed by atoms with Gasteiger partial charge in [-0.2, -0.15) is 5.26 Å². The molecule has 0 aromatic heterocycles. The molecule has 0 spiro atoms. The normalized spacial score (nSPS) is 16.2. The van der Waals surface area contributed by atoms with E-state index in [-0.39, 0.29) is 12.6 Å². The summed E-state index contributed by atoms with van der Waals surface area (Å²) in [5.41, 5.74) is 2.15. The van der Waals surface area contributed by atoms with Crippen molar-refractivity contribution in [2.24, 2.45) is 0 Å². The number of benzene rings is 2. The molecule has 1 atom stereocenters. The highest BCUT2D eigenvalue weighted by molar-refractivity contribution is 5.51. The Morgan fingerprint density at radius 1 is 1.24 bits per heavy atom. The zero-order valence-electron chi connectivity index (χ0n) is 11.6. The van der Waals surface area contributed by atoms with Crippen molar-refractivity contribution in [3.8, 4) is 17.6 Å². The Bertz CT molecular complexity index is 664. The average molecular weight is 280 g/mol. The minimum Gasteiger partial charge on any atom is -0.493 e. The quantitative estimate of drug-likeness (QED) is 0.931. The molecule has 4 nitrogen and oxygen atoms in total. The van der Waals surface area contributed by atoms with E-state index in [4.69, 9.17) is 14.7 Å². The number of para-hydroxylation sites is 1. The molecular formula is C17H16N2O2. The summed E-state index contributed by atoms with van der Waals surface area (Å²) >= 11 is 0. The Morgan fingerprint density at radius 2 is 2.14 bits per heavy atom. The van der Waals surface area contributed by atoms with Crippen LogP contribution in [-0.2, 0) is 0 Å². The Balaban J connectivity index is 1.77. The third-order valence-electron chi connectivity index (χ3n) is 3.44. The van der Waals surface area contributed by atoms with Crippen molar-refractivity contribution in [3.05, 3.63) is 54.1 Å². The zero-order chi connectivity index (χ0) is 14.5. The van der Waals surface area contributed by atoms with Crippen molar-refractivity contribution in [1.29, 1.82) is 5.26 Å². The molecule has 1 N–H and O–H groups in total. The third-order valence-corrected chi connectivity index (χ3v) is 3.44. The molecule has 0 aliphatic carbocycles. The number of nitriles is 1. The van der Waals surface area contributed by atoms with Gasteiger partial charge < -0.3 is 14.8 Å². The maximum absolute atomic E-state index is 8.56. The van der Waals surface area contributed by atoms with E-state index in [0.717, 1.165) is 17.9 Å². The minimum absolute atomic E-state index is 0.0591. The van der Waals surface area contributed by atoms with Crippen molar-refractivity contribution in [3.63, 3.8) is 0 Å². The topological polar surface area (TPSA) is 54.3 Å². The van der Waals surface area contributed by atoms with Gasteiger partial charge in [0.2, 0.25) is 0 Å². The number of hydrogen-bond acceptors (Lipinski definition) is 4. The molecule has 0 fully saturated rings. The molecule has 21 heavy (non-hydrogen) atoms. The number of anilines is 1. The lowest BCUT2D eigenvalue weighted by Crippen LogP contribution is -2.20. The fraction of sp³-hybridized carbons (Fsp3) is 0.235. The molecule has 4 heteroatoms. The molecule has 1 aliphatic rings. The maximum Gasteiger partial charge on any atom is 0.174 e. The summed E-state index contributed by atoms with van der Waals surface area (Å²) in [6.45, 7) is 0.767. The molecule has 2 aromatic carbocycles. The van der Waals surface area contributed by atoms with E-state index in [1.165, 1.54) is 5.56 Å². The monoisotopic (exact) mass is 280 g/mol. The van der Waals surface area contributed by atoms with E-state index in [2.05, 4.69) is 11.4 Å². The molecule has 2 aromatic rings. The van der Waals surface area contributed by atoms with Crippen molar-refractivity contribution < 1.29 is 9.47 Å². The number of ether oxygens (including phenoxy) is 2. The second-order valence-corrected chi connectivity index (χ2v) is 4.85. The first kappa shape index (κ1) is 13.3. The van der Waals surface area contributed by atoms with E-state index in [0.29, 0.717) is 12.4 Å². The Hall–Kier alpha value is -2.67. The highest BCUT2D eigenvalue weighted by Crippen LogP contribution is 2.34. The van der Waals surface area contributed by atoms with Crippen LogP contribution in [0.25, 0.3) is 0 Å². The van der Waals surface area contributed by atoms with Crippen molar-refractivity contribution in [1.82, 2.24) is 0 Å². The minimum atomic E-state index is 0.0591. The molecule has 0 saturated heterocycles. The van der Waals surface area contributed by atoms with Gasteiger partial charge in [0.05, 0.1) is 12.6 Å². The summed E-state index contributed by atoms with van der Waals surface area (Å²) in [4.78, 5) is 0. The van der Waals surface area contributed by atoms with Crippen LogP contribution in [0.5, 0.6) is 11.5 Å². The summed E-state index contributed by atoms with van der Waals surface area (Å²) in [6, 6.07) is 18.0. The first-order valence-electron chi connectivity index (χ1n) is 6.95. The molecule has 0 radical (unpaired) electrons. The number of nitrogens with zero attached hydrogens (tertiary/aromatic N) is 1. The van der Waals surface area contributed by atoms with Crippen LogP contribution >= 0.6 is 0 Å². The van der Waals surface area contributed by atoms with Crippen molar-refractivity contribution >= 4 is 5.69 Å². The first-order chi connectivity index (χ1) is 10.4. The van der Waals surface area contributed by atoms with Crippen LogP contribution in [0.2, 0.25) is 0 Å². The zero-order valence-corrected chi connectivity index (χ0v) is 11.6. The van der Waals surface area contributed by atoms with Crippen LogP contribution in [0.1, 0.15) is 18.0 Å². The fourth-order valence-corrected chi connectivity index (χ4v) is 2.48. The van der Waals surface area contributed by atoms with Gasteiger partial charge in [0.1, 0.15) is 17.6 Å². The van der Waals surface area contributed by atoms with Crippen molar-refractivity contribution in [2.45, 2.75) is 12.5 Å². The van der Waals surface area contributed by atoms with Crippen LogP contribution in [-0.4, -0.2) is 13.2 Å². The van der Waals surface area contributed by atoms with Crippen molar-refractivity contribution in [2.75, 3.05) is 18.5 Å². The van der Waals surface area contributed by atoms with Crippen LogP contribution in [0.3, 0.4) is 0 Å². The summed E-state index contributed by atoms with van der Waals surface area (Å²) in [5.74, 6) is 1.64. The average Bonchev–Trinajstić information content (AvgIpc) is 2.54. The Kier molecular flexibility index (Phi) is 3.92. The summed E-state index contributed by atoms with van der Waals surface area (Å²) in [5, 5.41) is 12.1. The second-order valence-electron chi connectivity index (χ2n) is 4.85. The fourth-order valence-electron chi connectivity index (χ4n) is 2.48. The highest BCUT2D eigenvalue weighted by atomic mass is 16.5. The van der Waals surface area contributed by atoms with Crippen LogP contribution in [0.4, 0.5) is 5.69 Å². The van der Waals surface area contributed by atoms with Crippen LogP contribution < -0.4 is 14.8 Å². The molecule has 1 heterocycles. The smallest absolute Gasteiger partial charge is 0.174 e. The third kappa shape index (κ3) is 3.09. The molecule has 1 aliphatic heterocycles. The van der Waals surface area contributed by atoms with E-state index in [1.54, 1.807) is 0 Å². The molecular weight excluding hydrogens is 264 g/mol. The van der Waals surface area contributed by atoms with Gasteiger partial charge in [0.25, 0.3) is 0 Å². The Morgan fingerprint density at radius 3 is 3.05 bits per heavy atom. The Labute approximate surface area is 123 Å². The molecule has 3 rings (SSSR count). The lowest BCUT2D eigenvalue weighted by atomic mass is 10.0. The van der Waals surface area contributed by atoms with Gasteiger partial charge in [-0.15, -0.1) is 0 Å². The number of fused-ring (bicyclic) bond motifs is 1. The molecule has 0 saturated carbocycles.